The van der Waals surface area contributed by atoms with Crippen molar-refractivity contribution in [2.45, 2.75) is 38.1 Å². The maximum Gasteiger partial charge on any atom is 0.266 e. The van der Waals surface area contributed by atoms with Crippen LogP contribution in [0.4, 0.5) is 0 Å². The molecule has 43 heavy (non-hydrogen) atoms. The number of amides is 1. The van der Waals surface area contributed by atoms with Crippen LogP contribution in [0.15, 0.2) is 94.9 Å². The van der Waals surface area contributed by atoms with Gasteiger partial charge in [-0.2, -0.15) is 9.40 Å². The number of piperidine rings is 1. The molecule has 3 heterocycles. The summed E-state index contributed by atoms with van der Waals surface area (Å²) < 4.78 is 31.0. The normalized spacial score (nSPS) is 17.7. The summed E-state index contributed by atoms with van der Waals surface area (Å²) in [5, 5.41) is 4.87. The second-order valence-electron chi connectivity index (χ2n) is 11.1. The van der Waals surface area contributed by atoms with E-state index in [1.807, 2.05) is 79.9 Å². The molecular weight excluding hydrogens is 597 g/mol. The summed E-state index contributed by atoms with van der Waals surface area (Å²) in [5.41, 5.74) is 4.93. The molecule has 0 N–H and O–H groups in total. The lowest BCUT2D eigenvalue weighted by Gasteiger charge is -2.29. The third kappa shape index (κ3) is 6.24. The van der Waals surface area contributed by atoms with E-state index in [9.17, 15) is 13.2 Å². The zero-order valence-corrected chi connectivity index (χ0v) is 26.5. The van der Waals surface area contributed by atoms with E-state index >= 15 is 0 Å². The molecule has 2 aliphatic rings. The number of thiocarbonyl (C=S) groups is 1. The Morgan fingerprint density at radius 2 is 1.72 bits per heavy atom. The third-order valence-electron chi connectivity index (χ3n) is 7.87. The lowest BCUT2D eigenvalue weighted by atomic mass is 10.0. The molecule has 0 aliphatic carbocycles. The van der Waals surface area contributed by atoms with Crippen molar-refractivity contribution in [1.82, 2.24) is 19.0 Å². The Balaban J connectivity index is 1.37. The largest absolute Gasteiger partial charge is 0.288 e. The lowest BCUT2D eigenvalue weighted by Crippen LogP contribution is -2.37. The van der Waals surface area contributed by atoms with Crippen molar-refractivity contribution >= 4 is 50.3 Å². The number of hydrogen-bond acceptors (Lipinski definition) is 6. The molecule has 0 spiro atoms. The van der Waals surface area contributed by atoms with Crippen molar-refractivity contribution in [3.05, 3.63) is 107 Å². The molecule has 0 atom stereocenters. The Kier molecular flexibility index (Phi) is 8.37. The van der Waals surface area contributed by atoms with Gasteiger partial charge in [0.1, 0.15) is 10.0 Å². The Morgan fingerprint density at radius 3 is 2.44 bits per heavy atom. The van der Waals surface area contributed by atoms with Crippen molar-refractivity contribution < 1.29 is 13.2 Å². The highest BCUT2D eigenvalue weighted by atomic mass is 32.2. The first kappa shape index (κ1) is 29.5. The van der Waals surface area contributed by atoms with Crippen LogP contribution in [-0.4, -0.2) is 50.7 Å². The number of nitrogens with zero attached hydrogens (tertiary/aromatic N) is 4. The maximum absolute atomic E-state index is 13.6. The van der Waals surface area contributed by atoms with E-state index in [4.69, 9.17) is 17.3 Å². The third-order valence-corrected chi connectivity index (χ3v) is 11.1. The summed E-state index contributed by atoms with van der Waals surface area (Å²) in [7, 11) is -3.65. The second kappa shape index (κ2) is 12.2. The highest BCUT2D eigenvalue weighted by Gasteiger charge is 2.33. The first-order valence-corrected chi connectivity index (χ1v) is 16.9. The first-order chi connectivity index (χ1) is 20.7. The van der Waals surface area contributed by atoms with Gasteiger partial charge >= 0.3 is 0 Å². The smallest absolute Gasteiger partial charge is 0.266 e. The highest BCUT2D eigenvalue weighted by molar-refractivity contribution is 8.26. The van der Waals surface area contributed by atoms with Crippen LogP contribution in [0, 0.1) is 12.8 Å². The Labute approximate surface area is 262 Å². The molecule has 7 nitrogen and oxygen atoms in total. The van der Waals surface area contributed by atoms with Gasteiger partial charge in [0.05, 0.1) is 22.0 Å². The Hall–Kier alpha value is -3.57. The number of aryl methyl sites for hydroxylation is 1. The van der Waals surface area contributed by atoms with E-state index in [2.05, 4.69) is 6.92 Å². The summed E-state index contributed by atoms with van der Waals surface area (Å²) in [4.78, 5) is 15.9. The second-order valence-corrected chi connectivity index (χ2v) is 14.7. The van der Waals surface area contributed by atoms with Gasteiger partial charge in [-0.3, -0.25) is 9.69 Å². The summed E-state index contributed by atoms with van der Waals surface area (Å²) >= 11 is 6.87. The van der Waals surface area contributed by atoms with E-state index in [0.29, 0.717) is 51.6 Å². The van der Waals surface area contributed by atoms with Crippen molar-refractivity contribution in [1.29, 1.82) is 0 Å². The zero-order valence-electron chi connectivity index (χ0n) is 24.0. The number of para-hydroxylation sites is 1. The van der Waals surface area contributed by atoms with E-state index in [1.54, 1.807) is 32.1 Å². The van der Waals surface area contributed by atoms with Gasteiger partial charge in [0.15, 0.2) is 0 Å². The van der Waals surface area contributed by atoms with Gasteiger partial charge in [-0.1, -0.05) is 91.1 Å². The van der Waals surface area contributed by atoms with Crippen LogP contribution >= 0.6 is 24.0 Å². The molecule has 3 aromatic carbocycles. The molecular formula is C33H32N4O3S3. The van der Waals surface area contributed by atoms with Crippen LogP contribution in [0.3, 0.4) is 0 Å². The Bertz CT molecular complexity index is 1810. The van der Waals surface area contributed by atoms with Crippen LogP contribution in [0.25, 0.3) is 23.0 Å². The number of carbonyl (C=O) groups excluding carboxylic acids is 1. The Morgan fingerprint density at radius 1 is 1.00 bits per heavy atom. The molecule has 2 fully saturated rings. The van der Waals surface area contributed by atoms with Crippen LogP contribution in [0.5, 0.6) is 0 Å². The molecule has 0 unspecified atom stereocenters. The van der Waals surface area contributed by atoms with Crippen LogP contribution < -0.4 is 0 Å². The molecule has 2 aliphatic heterocycles. The molecule has 0 saturated carbocycles. The van der Waals surface area contributed by atoms with Gasteiger partial charge in [-0.05, 0) is 61.6 Å². The van der Waals surface area contributed by atoms with Gasteiger partial charge in [0.25, 0.3) is 5.91 Å². The molecule has 6 rings (SSSR count). The minimum Gasteiger partial charge on any atom is -0.288 e. The summed E-state index contributed by atoms with van der Waals surface area (Å²) in [6, 6.07) is 24.7. The number of thioether (sulfide) groups is 1. The minimum atomic E-state index is -3.65. The topological polar surface area (TPSA) is 75.5 Å². The molecule has 0 radical (unpaired) electrons. The van der Waals surface area contributed by atoms with Crippen molar-refractivity contribution in [2.24, 2.45) is 5.92 Å². The fraction of sp³-hybridized carbons (Fsp3) is 0.242. The highest BCUT2D eigenvalue weighted by Crippen LogP contribution is 2.36. The fourth-order valence-electron chi connectivity index (χ4n) is 5.26. The average Bonchev–Trinajstić information content (AvgIpc) is 3.55. The van der Waals surface area contributed by atoms with Gasteiger partial charge in [-0.15, -0.1) is 0 Å². The minimum absolute atomic E-state index is 0.162. The van der Waals surface area contributed by atoms with Crippen molar-refractivity contribution in [3.63, 3.8) is 0 Å². The predicted octanol–water partition coefficient (Wildman–Crippen LogP) is 6.67. The molecule has 1 amide bonds. The van der Waals surface area contributed by atoms with E-state index in [0.717, 1.165) is 29.7 Å². The number of hydrogen-bond donors (Lipinski definition) is 0. The number of sulfonamides is 1. The average molecular weight is 629 g/mol. The van der Waals surface area contributed by atoms with E-state index in [1.165, 1.54) is 11.8 Å². The van der Waals surface area contributed by atoms with Crippen LogP contribution in [-0.2, 0) is 21.4 Å². The number of aromatic nitrogens is 2. The monoisotopic (exact) mass is 628 g/mol. The predicted molar refractivity (Wildman–Crippen MR) is 176 cm³/mol. The fourth-order valence-corrected chi connectivity index (χ4v) is 8.02. The number of benzene rings is 3. The number of rotatable bonds is 7. The zero-order chi connectivity index (χ0) is 30.1. The number of carbonyl (C=O) groups is 1. The molecule has 10 heteroatoms. The molecule has 4 aromatic rings. The van der Waals surface area contributed by atoms with Crippen molar-refractivity contribution in [2.75, 3.05) is 13.1 Å². The molecule has 1 aromatic heterocycles. The summed E-state index contributed by atoms with van der Waals surface area (Å²) in [6.07, 6.45) is 5.38. The lowest BCUT2D eigenvalue weighted by molar-refractivity contribution is -0.122. The maximum atomic E-state index is 13.6. The molecule has 220 valence electrons. The van der Waals surface area contributed by atoms with Gasteiger partial charge in [0.2, 0.25) is 10.0 Å². The van der Waals surface area contributed by atoms with Crippen LogP contribution in [0.1, 0.15) is 36.5 Å². The standard InChI is InChI=1S/C33H32N4O3S3/c1-23-11-13-25(14-12-23)21-36-32(38)30(42-33(36)41)20-27-22-37(28-8-4-3-5-9-28)34-31(27)26-7-6-10-29(19-26)43(39,40)35-17-15-24(2)16-18-35/h3-14,19-20,22,24H,15-18,21H2,1-2H3. The van der Waals surface area contributed by atoms with Crippen LogP contribution in [0.2, 0.25) is 0 Å². The summed E-state index contributed by atoms with van der Waals surface area (Å²) in [5.74, 6) is 0.358. The first-order valence-electron chi connectivity index (χ1n) is 14.3. The van der Waals surface area contributed by atoms with E-state index < -0.39 is 10.0 Å². The summed E-state index contributed by atoms with van der Waals surface area (Å²) in [6.45, 7) is 5.62. The van der Waals surface area contributed by atoms with E-state index in [-0.39, 0.29) is 10.8 Å². The quantitative estimate of drug-likeness (QED) is 0.168. The van der Waals surface area contributed by atoms with Gasteiger partial charge in [0, 0.05) is 30.4 Å². The van der Waals surface area contributed by atoms with Gasteiger partial charge in [-0.25, -0.2) is 13.1 Å². The molecule has 0 bridgehead atoms. The van der Waals surface area contributed by atoms with Gasteiger partial charge < -0.3 is 0 Å². The molecule has 2 saturated heterocycles. The van der Waals surface area contributed by atoms with Crippen molar-refractivity contribution in [3.8, 4) is 16.9 Å². The SMILES string of the molecule is Cc1ccc(CN2C(=O)C(=Cc3cn(-c4ccccc4)nc3-c3cccc(S(=O)(=O)N4CCC(C)CC4)c3)SC2=S)cc1.